The van der Waals surface area contributed by atoms with Crippen LogP contribution in [-0.4, -0.2) is 90.7 Å². The van der Waals surface area contributed by atoms with Gasteiger partial charge >= 0.3 is 11.9 Å². The van der Waals surface area contributed by atoms with E-state index in [0.717, 1.165) is 0 Å². The molecule has 224 valence electrons. The van der Waals surface area contributed by atoms with Crippen LogP contribution in [0.4, 0.5) is 0 Å². The molecule has 3 aromatic rings. The monoisotopic (exact) mass is 586 g/mol. The number of hydrogen-bond acceptors (Lipinski definition) is 13. The first kappa shape index (κ1) is 29.4. The second-order valence-electron chi connectivity index (χ2n) is 9.66. The predicted octanol–water partition coefficient (Wildman–Crippen LogP) is 1.27. The quantitative estimate of drug-likeness (QED) is 0.278. The van der Waals surface area contributed by atoms with Crippen LogP contribution in [0.1, 0.15) is 22.8 Å². The largest absolute Gasteiger partial charge is 0.493 e. The Bertz CT molecular complexity index is 1500. The Morgan fingerprint density at radius 1 is 0.929 bits per heavy atom. The van der Waals surface area contributed by atoms with Gasteiger partial charge in [0, 0.05) is 18.1 Å². The van der Waals surface area contributed by atoms with Crippen LogP contribution in [0.15, 0.2) is 36.4 Å². The first-order valence-corrected chi connectivity index (χ1v) is 12.9. The molecule has 0 spiro atoms. The van der Waals surface area contributed by atoms with Crippen molar-refractivity contribution in [1.29, 1.82) is 0 Å². The minimum Gasteiger partial charge on any atom is -0.493 e. The number of benzene rings is 3. The molecule has 3 aromatic carbocycles. The maximum Gasteiger partial charge on any atom is 0.341 e. The summed E-state index contributed by atoms with van der Waals surface area (Å²) in [5.41, 5.74) is 1.03. The van der Waals surface area contributed by atoms with Crippen LogP contribution in [0, 0.1) is 0 Å². The third kappa shape index (κ3) is 5.40. The molecule has 1 saturated heterocycles. The predicted molar refractivity (Wildman–Crippen MR) is 143 cm³/mol. The Morgan fingerprint density at radius 2 is 1.64 bits per heavy atom. The Hall–Kier alpha value is -4.14. The molecule has 0 bridgehead atoms. The van der Waals surface area contributed by atoms with Gasteiger partial charge in [-0.25, -0.2) is 4.79 Å². The lowest BCUT2D eigenvalue weighted by Crippen LogP contribution is -2.59. The maximum atomic E-state index is 14.0. The van der Waals surface area contributed by atoms with Gasteiger partial charge in [0.05, 0.1) is 26.4 Å². The van der Waals surface area contributed by atoms with Gasteiger partial charge in [-0.3, -0.25) is 4.79 Å². The standard InChI is InChI=1S/C29H30O13/c1-13(31)38-11-16-6-15-8-19(36-2)20(37-3)9-17(15)23(14-4-5-18-21(7-14)40-12-39-18)24(16)28(35)42-29-27(34)26(33)25(32)22(10-30)41-29/h4-9,22,25-27,29-30,32-34H,10-12H2,1-3H3/t22-,25-,26-,27-,29+/m1/s1. The molecular weight excluding hydrogens is 556 g/mol. The number of aliphatic hydroxyl groups is 4. The third-order valence-electron chi connectivity index (χ3n) is 7.09. The molecular formula is C29H30O13. The molecule has 2 aliphatic rings. The molecule has 0 aliphatic carbocycles. The molecule has 13 heteroatoms. The van der Waals surface area contributed by atoms with E-state index in [1.54, 1.807) is 36.4 Å². The minimum absolute atomic E-state index is 0.0169. The number of methoxy groups -OCH3 is 2. The van der Waals surface area contributed by atoms with Crippen LogP contribution in [0.25, 0.3) is 21.9 Å². The van der Waals surface area contributed by atoms with E-state index in [4.69, 9.17) is 33.2 Å². The molecule has 1 fully saturated rings. The van der Waals surface area contributed by atoms with Crippen LogP contribution in [0.5, 0.6) is 23.0 Å². The van der Waals surface area contributed by atoms with Crippen LogP contribution in [0.3, 0.4) is 0 Å². The summed E-state index contributed by atoms with van der Waals surface area (Å²) >= 11 is 0. The summed E-state index contributed by atoms with van der Waals surface area (Å²) in [5.74, 6) is 0.111. The van der Waals surface area contributed by atoms with Crippen LogP contribution < -0.4 is 18.9 Å². The van der Waals surface area contributed by atoms with Gasteiger partial charge in [-0.1, -0.05) is 6.07 Å². The van der Waals surface area contributed by atoms with Crippen molar-refractivity contribution >= 4 is 22.7 Å². The molecule has 5 rings (SSSR count). The topological polar surface area (TPSA) is 180 Å². The molecule has 2 heterocycles. The first-order chi connectivity index (χ1) is 20.2. The molecule has 13 nitrogen and oxygen atoms in total. The van der Waals surface area contributed by atoms with E-state index in [9.17, 15) is 30.0 Å². The second-order valence-corrected chi connectivity index (χ2v) is 9.66. The van der Waals surface area contributed by atoms with E-state index < -0.39 is 49.3 Å². The molecule has 0 saturated carbocycles. The summed E-state index contributed by atoms with van der Waals surface area (Å²) in [6.45, 7) is 0.204. The van der Waals surface area contributed by atoms with Crippen LogP contribution in [-0.2, 0) is 25.6 Å². The summed E-state index contributed by atoms with van der Waals surface area (Å²) in [5, 5.41) is 41.6. The normalized spacial score (nSPS) is 23.0. The van der Waals surface area contributed by atoms with Crippen LogP contribution in [0.2, 0.25) is 0 Å². The minimum atomic E-state index is -1.83. The number of esters is 2. The highest BCUT2D eigenvalue weighted by molar-refractivity contribution is 6.10. The SMILES string of the molecule is COc1cc2cc(COC(C)=O)c(C(=O)O[C@@H]3O[C@H](CO)[C@@H](O)[C@@H](O)[C@H]3O)c(-c3ccc4c(c3)OCO4)c2cc1OC. The third-order valence-corrected chi connectivity index (χ3v) is 7.09. The number of aliphatic hydroxyl groups excluding tert-OH is 4. The molecule has 5 atom stereocenters. The number of carbonyl (C=O) groups is 2. The highest BCUT2D eigenvalue weighted by atomic mass is 16.7. The zero-order valence-corrected chi connectivity index (χ0v) is 22.9. The number of ether oxygens (including phenoxy) is 7. The van der Waals surface area contributed by atoms with Crippen molar-refractivity contribution in [2.24, 2.45) is 0 Å². The number of hydrogen-bond donors (Lipinski definition) is 4. The van der Waals surface area contributed by atoms with Gasteiger partial charge < -0.3 is 53.6 Å². The van der Waals surface area contributed by atoms with Gasteiger partial charge in [0.2, 0.25) is 13.1 Å². The van der Waals surface area contributed by atoms with E-state index in [2.05, 4.69) is 0 Å². The molecule has 0 aromatic heterocycles. The van der Waals surface area contributed by atoms with E-state index >= 15 is 0 Å². The number of rotatable bonds is 8. The summed E-state index contributed by atoms with van der Waals surface area (Å²) < 4.78 is 38.2. The zero-order chi connectivity index (χ0) is 30.1. The van der Waals surface area contributed by atoms with Gasteiger partial charge in [-0.05, 0) is 46.7 Å². The Kier molecular flexibility index (Phi) is 8.38. The van der Waals surface area contributed by atoms with Crippen molar-refractivity contribution in [3.63, 3.8) is 0 Å². The molecule has 42 heavy (non-hydrogen) atoms. The van der Waals surface area contributed by atoms with Gasteiger partial charge in [0.25, 0.3) is 0 Å². The van der Waals surface area contributed by atoms with E-state index in [0.29, 0.717) is 44.9 Å². The average molecular weight is 587 g/mol. The lowest BCUT2D eigenvalue weighted by molar-refractivity contribution is -0.285. The smallest absolute Gasteiger partial charge is 0.341 e. The van der Waals surface area contributed by atoms with Crippen molar-refractivity contribution < 1.29 is 63.2 Å². The Morgan fingerprint density at radius 3 is 2.33 bits per heavy atom. The van der Waals surface area contributed by atoms with E-state index in [1.807, 2.05) is 0 Å². The second kappa shape index (κ2) is 12.0. The summed E-state index contributed by atoms with van der Waals surface area (Å²) in [6, 6.07) is 10.1. The van der Waals surface area contributed by atoms with Crippen LogP contribution >= 0.6 is 0 Å². The number of fused-ring (bicyclic) bond motifs is 2. The van der Waals surface area contributed by atoms with Crippen molar-refractivity contribution in [2.75, 3.05) is 27.6 Å². The fraction of sp³-hybridized carbons (Fsp3) is 0.379. The average Bonchev–Trinajstić information content (AvgIpc) is 3.46. The highest BCUT2D eigenvalue weighted by Gasteiger charge is 2.45. The lowest BCUT2D eigenvalue weighted by Gasteiger charge is -2.39. The Balaban J connectivity index is 1.72. The maximum absolute atomic E-state index is 14.0. The molecule has 0 radical (unpaired) electrons. The van der Waals surface area contributed by atoms with Gasteiger partial charge in [-0.15, -0.1) is 0 Å². The molecule has 0 amide bonds. The van der Waals surface area contributed by atoms with Crippen molar-refractivity contribution in [2.45, 2.75) is 44.2 Å². The van der Waals surface area contributed by atoms with E-state index in [1.165, 1.54) is 21.1 Å². The summed E-state index contributed by atoms with van der Waals surface area (Å²) in [4.78, 5) is 25.8. The van der Waals surface area contributed by atoms with Crippen molar-refractivity contribution in [3.05, 3.63) is 47.5 Å². The molecule has 0 unspecified atom stereocenters. The van der Waals surface area contributed by atoms with Crippen molar-refractivity contribution in [1.82, 2.24) is 0 Å². The fourth-order valence-electron chi connectivity index (χ4n) is 4.99. The zero-order valence-electron chi connectivity index (χ0n) is 22.9. The summed E-state index contributed by atoms with van der Waals surface area (Å²) in [6.07, 6.45) is -8.30. The Labute approximate surface area is 239 Å². The molecule has 2 aliphatic heterocycles. The highest BCUT2D eigenvalue weighted by Crippen LogP contribution is 2.44. The summed E-state index contributed by atoms with van der Waals surface area (Å²) in [7, 11) is 2.95. The lowest BCUT2D eigenvalue weighted by atomic mass is 9.89. The molecule has 4 N–H and O–H groups in total. The first-order valence-electron chi connectivity index (χ1n) is 12.9. The number of carbonyl (C=O) groups excluding carboxylic acids is 2. The van der Waals surface area contributed by atoms with Gasteiger partial charge in [0.15, 0.2) is 23.0 Å². The van der Waals surface area contributed by atoms with E-state index in [-0.39, 0.29) is 24.5 Å². The van der Waals surface area contributed by atoms with Gasteiger partial charge in [-0.2, -0.15) is 0 Å². The van der Waals surface area contributed by atoms with Gasteiger partial charge in [0.1, 0.15) is 31.0 Å². The van der Waals surface area contributed by atoms with Crippen molar-refractivity contribution in [3.8, 4) is 34.1 Å². The fourth-order valence-corrected chi connectivity index (χ4v) is 4.99.